The van der Waals surface area contributed by atoms with E-state index in [2.05, 4.69) is 0 Å². The fourth-order valence-electron chi connectivity index (χ4n) is 4.22. The molecule has 0 heterocycles. The van der Waals surface area contributed by atoms with E-state index in [9.17, 15) is 14.7 Å². The van der Waals surface area contributed by atoms with Crippen LogP contribution in [0.3, 0.4) is 0 Å². The first kappa shape index (κ1) is 33.0. The Balaban J connectivity index is 1.90. The average molecular weight is 575 g/mol. The SMILES string of the molecule is CCO[Si](CCCCCC/C(=C\c1ccc(OC(=O)c2ccc(OC)c(OC)c2)cc1)C(=O)O)(OCC)OCC. The summed E-state index contributed by atoms with van der Waals surface area (Å²) in [5, 5.41) is 9.70. The molecule has 0 atom stereocenters. The van der Waals surface area contributed by atoms with Crippen LogP contribution in [0.2, 0.25) is 6.04 Å². The van der Waals surface area contributed by atoms with Crippen LogP contribution in [-0.4, -0.2) is 59.9 Å². The maximum Gasteiger partial charge on any atom is 0.500 e. The maximum atomic E-state index is 12.6. The number of methoxy groups -OCH3 is 2. The number of benzene rings is 2. The molecule has 9 nitrogen and oxygen atoms in total. The Bertz CT molecular complexity index is 1080. The van der Waals surface area contributed by atoms with Gasteiger partial charge in [0.1, 0.15) is 5.75 Å². The predicted molar refractivity (Wildman–Crippen MR) is 155 cm³/mol. The Morgan fingerprint density at radius 2 is 1.40 bits per heavy atom. The molecule has 10 heteroatoms. The lowest BCUT2D eigenvalue weighted by Crippen LogP contribution is -2.45. The maximum absolute atomic E-state index is 12.6. The van der Waals surface area contributed by atoms with Crippen LogP contribution in [-0.2, 0) is 18.1 Å². The van der Waals surface area contributed by atoms with E-state index in [-0.39, 0.29) is 0 Å². The molecule has 0 saturated heterocycles. The Labute approximate surface area is 238 Å². The van der Waals surface area contributed by atoms with Crippen molar-refractivity contribution < 1.29 is 42.2 Å². The van der Waals surface area contributed by atoms with E-state index >= 15 is 0 Å². The predicted octanol–water partition coefficient (Wildman–Crippen LogP) is 6.39. The highest BCUT2D eigenvalue weighted by Crippen LogP contribution is 2.28. The van der Waals surface area contributed by atoms with Gasteiger partial charge in [0, 0.05) is 31.4 Å². The number of hydrogen-bond donors (Lipinski definition) is 1. The van der Waals surface area contributed by atoms with E-state index in [1.807, 2.05) is 20.8 Å². The van der Waals surface area contributed by atoms with Gasteiger partial charge in [0.25, 0.3) is 0 Å². The number of rotatable bonds is 19. The zero-order chi connectivity index (χ0) is 29.4. The second-order valence-electron chi connectivity index (χ2n) is 8.90. The smallest absolute Gasteiger partial charge is 0.493 e. The molecule has 220 valence electrons. The molecule has 2 rings (SSSR count). The van der Waals surface area contributed by atoms with Gasteiger partial charge in [-0.1, -0.05) is 25.0 Å². The van der Waals surface area contributed by atoms with Crippen molar-refractivity contribution in [3.63, 3.8) is 0 Å². The summed E-state index contributed by atoms with van der Waals surface area (Å²) < 4.78 is 33.6. The molecule has 2 aromatic rings. The van der Waals surface area contributed by atoms with Crippen LogP contribution in [0.5, 0.6) is 17.2 Å². The van der Waals surface area contributed by atoms with Crippen LogP contribution < -0.4 is 14.2 Å². The van der Waals surface area contributed by atoms with Gasteiger partial charge < -0.3 is 32.6 Å². The number of carboxylic acid groups (broad SMARTS) is 1. The van der Waals surface area contributed by atoms with Crippen LogP contribution in [0, 0.1) is 0 Å². The number of carbonyl (C=O) groups excluding carboxylic acids is 1. The van der Waals surface area contributed by atoms with E-state index in [0.29, 0.717) is 60.2 Å². The van der Waals surface area contributed by atoms with Crippen molar-refractivity contribution in [2.24, 2.45) is 0 Å². The van der Waals surface area contributed by atoms with Crippen molar-refractivity contribution in [3.8, 4) is 17.2 Å². The fourth-order valence-corrected chi connectivity index (χ4v) is 6.90. The van der Waals surface area contributed by atoms with E-state index in [1.165, 1.54) is 14.2 Å². The molecular formula is C30H42O9Si. The Hall–Kier alpha value is -3.18. The van der Waals surface area contributed by atoms with Crippen LogP contribution in [0.1, 0.15) is 68.8 Å². The number of esters is 1. The summed E-state index contributed by atoms with van der Waals surface area (Å²) in [6, 6.07) is 12.2. The minimum absolute atomic E-state index is 0.316. The quantitative estimate of drug-likeness (QED) is 0.0671. The molecule has 0 aliphatic heterocycles. The Morgan fingerprint density at radius 1 is 0.800 bits per heavy atom. The van der Waals surface area contributed by atoms with E-state index < -0.39 is 20.7 Å². The Morgan fingerprint density at radius 3 is 1.95 bits per heavy atom. The summed E-state index contributed by atoms with van der Waals surface area (Å²) >= 11 is 0. The monoisotopic (exact) mass is 574 g/mol. The van der Waals surface area contributed by atoms with E-state index in [0.717, 1.165) is 31.7 Å². The van der Waals surface area contributed by atoms with Crippen molar-refractivity contribution in [2.75, 3.05) is 34.0 Å². The number of unbranched alkanes of at least 4 members (excludes halogenated alkanes) is 3. The van der Waals surface area contributed by atoms with Crippen LogP contribution >= 0.6 is 0 Å². The molecule has 0 fully saturated rings. The standard InChI is InChI=1S/C30H42O9Si/c1-6-36-40(37-7-2,38-8-3)20-12-10-9-11-13-24(29(31)32)21-23-14-17-26(18-15-23)39-30(33)25-16-19-27(34-4)28(22-25)35-5/h14-19,21-22H,6-13,20H2,1-5H3,(H,31,32)/b24-21+. The summed E-state index contributed by atoms with van der Waals surface area (Å²) in [5.74, 6) is -0.203. The van der Waals surface area contributed by atoms with E-state index in [4.69, 9.17) is 27.5 Å². The van der Waals surface area contributed by atoms with Crippen LogP contribution in [0.4, 0.5) is 0 Å². The highest BCUT2D eigenvalue weighted by molar-refractivity contribution is 6.60. The second kappa shape index (κ2) is 17.5. The largest absolute Gasteiger partial charge is 0.500 e. The third kappa shape index (κ3) is 10.4. The lowest BCUT2D eigenvalue weighted by atomic mass is 10.0. The first-order valence-electron chi connectivity index (χ1n) is 13.7. The molecule has 0 amide bonds. The van der Waals surface area contributed by atoms with Gasteiger partial charge >= 0.3 is 20.7 Å². The highest BCUT2D eigenvalue weighted by Gasteiger charge is 2.39. The van der Waals surface area contributed by atoms with Crippen molar-refractivity contribution in [3.05, 3.63) is 59.2 Å². The molecule has 1 N–H and O–H groups in total. The van der Waals surface area contributed by atoms with Crippen LogP contribution in [0.25, 0.3) is 6.08 Å². The molecule has 0 bridgehead atoms. The minimum atomic E-state index is -2.64. The lowest BCUT2D eigenvalue weighted by molar-refractivity contribution is -0.132. The second-order valence-corrected chi connectivity index (χ2v) is 11.6. The van der Waals surface area contributed by atoms with Gasteiger partial charge in [0.05, 0.1) is 19.8 Å². The molecular weight excluding hydrogens is 532 g/mol. The number of ether oxygens (including phenoxy) is 3. The summed E-state index contributed by atoms with van der Waals surface area (Å²) in [6.45, 7) is 7.50. The van der Waals surface area contributed by atoms with Crippen molar-refractivity contribution >= 4 is 26.8 Å². The van der Waals surface area contributed by atoms with Gasteiger partial charge in [0.15, 0.2) is 11.5 Å². The van der Waals surface area contributed by atoms with E-state index in [1.54, 1.807) is 48.5 Å². The summed E-state index contributed by atoms with van der Waals surface area (Å²) in [7, 11) is 0.374. The zero-order valence-electron chi connectivity index (χ0n) is 24.2. The van der Waals surface area contributed by atoms with Gasteiger partial charge in [-0.3, -0.25) is 0 Å². The summed E-state index contributed by atoms with van der Waals surface area (Å²) in [5.41, 5.74) is 1.36. The molecule has 0 aliphatic rings. The molecule has 0 aliphatic carbocycles. The highest BCUT2D eigenvalue weighted by atomic mass is 28.4. The van der Waals surface area contributed by atoms with Gasteiger partial charge in [-0.2, -0.15) is 0 Å². The van der Waals surface area contributed by atoms with Crippen molar-refractivity contribution in [1.29, 1.82) is 0 Å². The molecule has 0 radical (unpaired) electrons. The number of aliphatic carboxylic acids is 1. The third-order valence-electron chi connectivity index (χ3n) is 6.10. The lowest BCUT2D eigenvalue weighted by Gasteiger charge is -2.28. The van der Waals surface area contributed by atoms with Crippen LogP contribution in [0.15, 0.2) is 48.0 Å². The van der Waals surface area contributed by atoms with Crippen molar-refractivity contribution in [2.45, 2.75) is 58.9 Å². The number of carboxylic acids is 1. The molecule has 0 aromatic heterocycles. The van der Waals surface area contributed by atoms with Gasteiger partial charge in [-0.25, -0.2) is 9.59 Å². The third-order valence-corrected chi connectivity index (χ3v) is 9.25. The molecule has 40 heavy (non-hydrogen) atoms. The number of carbonyl (C=O) groups is 2. The van der Waals surface area contributed by atoms with Gasteiger partial charge in [-0.05, 0) is 82.0 Å². The summed E-state index contributed by atoms with van der Waals surface area (Å²) in [6.07, 6.45) is 5.60. The normalized spacial score (nSPS) is 11.8. The topological polar surface area (TPSA) is 110 Å². The van der Waals surface area contributed by atoms with Crippen molar-refractivity contribution in [1.82, 2.24) is 0 Å². The summed E-state index contributed by atoms with van der Waals surface area (Å²) in [4.78, 5) is 24.4. The first-order valence-corrected chi connectivity index (χ1v) is 15.6. The molecule has 2 aromatic carbocycles. The van der Waals surface area contributed by atoms with Gasteiger partial charge in [0.2, 0.25) is 0 Å². The average Bonchev–Trinajstić information content (AvgIpc) is 2.95. The molecule has 0 spiro atoms. The molecule has 0 unspecified atom stereocenters. The number of hydrogen-bond acceptors (Lipinski definition) is 8. The van der Waals surface area contributed by atoms with Gasteiger partial charge in [-0.15, -0.1) is 0 Å². The fraction of sp³-hybridized carbons (Fsp3) is 0.467. The minimum Gasteiger partial charge on any atom is -0.493 e. The molecule has 0 saturated carbocycles. The Kier molecular flexibility index (Phi) is 14.4. The first-order chi connectivity index (χ1) is 19.3. The zero-order valence-corrected chi connectivity index (χ0v) is 25.2.